The third-order valence-corrected chi connectivity index (χ3v) is 3.20. The first-order valence-corrected chi connectivity index (χ1v) is 6.80. The maximum atomic E-state index is 6.16. The summed E-state index contributed by atoms with van der Waals surface area (Å²) >= 11 is 12.3. The van der Waals surface area contributed by atoms with E-state index >= 15 is 0 Å². The lowest BCUT2D eigenvalue weighted by Gasteiger charge is -2.15. The minimum absolute atomic E-state index is 0.0369. The minimum Gasteiger partial charge on any atom is -0.265 e. The fourth-order valence-electron chi connectivity index (χ4n) is 1.69. The fourth-order valence-corrected chi connectivity index (χ4v) is 2.40. The molecule has 2 nitrogen and oxygen atoms in total. The van der Waals surface area contributed by atoms with Gasteiger partial charge in [0.1, 0.15) is 0 Å². The largest absolute Gasteiger partial charge is 0.265 e. The third kappa shape index (κ3) is 3.27. The SMILES string of the molecule is CC.Cc1cnn(C(C)c2c(Cl)cccc2Cl)c1. The van der Waals surface area contributed by atoms with Crippen molar-refractivity contribution in [3.05, 3.63) is 51.8 Å². The normalized spacial score (nSPS) is 11.7. The average Bonchev–Trinajstić information content (AvgIpc) is 2.78. The summed E-state index contributed by atoms with van der Waals surface area (Å²) in [4.78, 5) is 0. The summed E-state index contributed by atoms with van der Waals surface area (Å²) < 4.78 is 1.86. The predicted octanol–water partition coefficient (Wildman–Crippen LogP) is 5.13. The molecule has 0 saturated carbocycles. The molecule has 0 saturated heterocycles. The van der Waals surface area contributed by atoms with E-state index in [4.69, 9.17) is 23.2 Å². The molecule has 0 radical (unpaired) electrons. The second kappa shape index (κ2) is 6.81. The number of benzene rings is 1. The minimum atomic E-state index is 0.0369. The molecule has 0 fully saturated rings. The van der Waals surface area contributed by atoms with Crippen molar-refractivity contribution in [2.24, 2.45) is 0 Å². The van der Waals surface area contributed by atoms with E-state index in [1.807, 2.05) is 63.0 Å². The molecule has 1 atom stereocenters. The Labute approximate surface area is 119 Å². The first-order valence-electron chi connectivity index (χ1n) is 6.04. The molecule has 0 aliphatic carbocycles. The number of nitrogens with zero attached hydrogens (tertiary/aromatic N) is 2. The van der Waals surface area contributed by atoms with E-state index in [2.05, 4.69) is 5.10 Å². The summed E-state index contributed by atoms with van der Waals surface area (Å²) in [5.41, 5.74) is 2.03. The number of hydrogen-bond acceptors (Lipinski definition) is 1. The van der Waals surface area contributed by atoms with Crippen LogP contribution in [0.25, 0.3) is 0 Å². The zero-order valence-electron chi connectivity index (χ0n) is 11.1. The molecule has 2 aromatic rings. The van der Waals surface area contributed by atoms with Gasteiger partial charge in [-0.05, 0) is 31.5 Å². The fraction of sp³-hybridized carbons (Fsp3) is 0.357. The summed E-state index contributed by atoms with van der Waals surface area (Å²) in [7, 11) is 0. The molecule has 2 rings (SSSR count). The zero-order valence-corrected chi connectivity index (χ0v) is 12.6. The van der Waals surface area contributed by atoms with E-state index in [0.29, 0.717) is 10.0 Å². The Morgan fingerprint density at radius 1 is 1.17 bits per heavy atom. The van der Waals surface area contributed by atoms with Crippen molar-refractivity contribution < 1.29 is 0 Å². The van der Waals surface area contributed by atoms with Gasteiger partial charge >= 0.3 is 0 Å². The summed E-state index contributed by atoms with van der Waals surface area (Å²) in [5, 5.41) is 5.62. The van der Waals surface area contributed by atoms with E-state index < -0.39 is 0 Å². The van der Waals surface area contributed by atoms with Crippen LogP contribution in [-0.2, 0) is 0 Å². The molecule has 1 aromatic carbocycles. The Balaban J connectivity index is 0.000000771. The molecule has 18 heavy (non-hydrogen) atoms. The van der Waals surface area contributed by atoms with E-state index in [1.165, 1.54) is 0 Å². The van der Waals surface area contributed by atoms with Crippen LogP contribution in [0.5, 0.6) is 0 Å². The average molecular weight is 285 g/mol. The van der Waals surface area contributed by atoms with Gasteiger partial charge in [-0.3, -0.25) is 4.68 Å². The lowest BCUT2D eigenvalue weighted by Crippen LogP contribution is -2.08. The van der Waals surface area contributed by atoms with E-state index in [1.54, 1.807) is 0 Å². The third-order valence-electron chi connectivity index (χ3n) is 2.54. The van der Waals surface area contributed by atoms with Gasteiger partial charge in [0.2, 0.25) is 0 Å². The van der Waals surface area contributed by atoms with Crippen molar-refractivity contribution in [2.45, 2.75) is 33.7 Å². The zero-order chi connectivity index (χ0) is 13.7. The topological polar surface area (TPSA) is 17.8 Å². The molecule has 1 heterocycles. The van der Waals surface area contributed by atoms with Crippen LogP contribution in [0.3, 0.4) is 0 Å². The van der Waals surface area contributed by atoms with Gasteiger partial charge in [0, 0.05) is 21.8 Å². The van der Waals surface area contributed by atoms with Crippen LogP contribution in [0.15, 0.2) is 30.6 Å². The lowest BCUT2D eigenvalue weighted by atomic mass is 10.1. The van der Waals surface area contributed by atoms with Crippen LogP contribution >= 0.6 is 23.2 Å². The molecule has 0 spiro atoms. The summed E-state index contributed by atoms with van der Waals surface area (Å²) in [6, 6.07) is 5.57. The van der Waals surface area contributed by atoms with Crippen LogP contribution in [0.4, 0.5) is 0 Å². The van der Waals surface area contributed by atoms with Crippen LogP contribution in [0.1, 0.15) is 37.9 Å². The van der Waals surface area contributed by atoms with Gasteiger partial charge in [-0.15, -0.1) is 0 Å². The van der Waals surface area contributed by atoms with E-state index in [9.17, 15) is 0 Å². The van der Waals surface area contributed by atoms with Crippen molar-refractivity contribution in [3.63, 3.8) is 0 Å². The Morgan fingerprint density at radius 3 is 2.17 bits per heavy atom. The van der Waals surface area contributed by atoms with E-state index in [-0.39, 0.29) is 6.04 Å². The Bertz CT molecular complexity index is 486. The highest BCUT2D eigenvalue weighted by molar-refractivity contribution is 6.36. The molecular weight excluding hydrogens is 267 g/mol. The van der Waals surface area contributed by atoms with Gasteiger partial charge in [0.05, 0.1) is 12.2 Å². The standard InChI is InChI=1S/C12H12Cl2N2.C2H6/c1-8-6-15-16(7-8)9(2)12-10(13)4-3-5-11(12)14;1-2/h3-7,9H,1-2H3;1-2H3. The van der Waals surface area contributed by atoms with Gasteiger partial charge in [-0.2, -0.15) is 5.10 Å². The molecule has 0 N–H and O–H groups in total. The molecule has 0 bridgehead atoms. The van der Waals surface area contributed by atoms with Crippen molar-refractivity contribution in [2.75, 3.05) is 0 Å². The number of halogens is 2. The molecule has 1 aromatic heterocycles. The van der Waals surface area contributed by atoms with Gasteiger partial charge < -0.3 is 0 Å². The second-order valence-electron chi connectivity index (χ2n) is 3.81. The number of rotatable bonds is 2. The maximum Gasteiger partial charge on any atom is 0.0769 e. The highest BCUT2D eigenvalue weighted by Crippen LogP contribution is 2.31. The summed E-state index contributed by atoms with van der Waals surface area (Å²) in [5.74, 6) is 0. The van der Waals surface area contributed by atoms with E-state index in [0.717, 1.165) is 11.1 Å². The molecule has 0 amide bonds. The first kappa shape index (κ1) is 15.1. The first-order chi connectivity index (χ1) is 8.59. The molecule has 0 aliphatic rings. The Kier molecular flexibility index (Phi) is 5.70. The molecule has 0 aliphatic heterocycles. The monoisotopic (exact) mass is 284 g/mol. The van der Waals surface area contributed by atoms with Gasteiger partial charge in [0.15, 0.2) is 0 Å². The summed E-state index contributed by atoms with van der Waals surface area (Å²) in [6.07, 6.45) is 3.80. The second-order valence-corrected chi connectivity index (χ2v) is 4.62. The molecule has 98 valence electrons. The Morgan fingerprint density at radius 2 is 1.72 bits per heavy atom. The Hall–Kier alpha value is -0.990. The van der Waals surface area contributed by atoms with Crippen molar-refractivity contribution in [1.82, 2.24) is 9.78 Å². The van der Waals surface area contributed by atoms with Crippen LogP contribution in [-0.4, -0.2) is 9.78 Å². The lowest BCUT2D eigenvalue weighted by molar-refractivity contribution is 0.564. The molecule has 1 unspecified atom stereocenters. The quantitative estimate of drug-likeness (QED) is 0.747. The predicted molar refractivity (Wildman–Crippen MR) is 78.6 cm³/mol. The van der Waals surface area contributed by atoms with Crippen molar-refractivity contribution >= 4 is 23.2 Å². The number of hydrogen-bond donors (Lipinski definition) is 0. The van der Waals surface area contributed by atoms with Crippen LogP contribution < -0.4 is 0 Å². The molecular formula is C14H18Cl2N2. The van der Waals surface area contributed by atoms with Crippen LogP contribution in [0.2, 0.25) is 10.0 Å². The van der Waals surface area contributed by atoms with Crippen molar-refractivity contribution in [1.29, 1.82) is 0 Å². The maximum absolute atomic E-state index is 6.16. The number of aromatic nitrogens is 2. The van der Waals surface area contributed by atoms with Crippen molar-refractivity contribution in [3.8, 4) is 0 Å². The molecule has 4 heteroatoms. The summed E-state index contributed by atoms with van der Waals surface area (Å²) in [6.45, 7) is 8.03. The smallest absolute Gasteiger partial charge is 0.0769 e. The van der Waals surface area contributed by atoms with Crippen LogP contribution in [0, 0.1) is 6.92 Å². The highest BCUT2D eigenvalue weighted by Gasteiger charge is 2.15. The van der Waals surface area contributed by atoms with Gasteiger partial charge in [-0.1, -0.05) is 43.1 Å². The number of aryl methyl sites for hydroxylation is 1. The highest BCUT2D eigenvalue weighted by atomic mass is 35.5. The van der Waals surface area contributed by atoms with Gasteiger partial charge in [0.25, 0.3) is 0 Å². The van der Waals surface area contributed by atoms with Gasteiger partial charge in [-0.25, -0.2) is 0 Å².